The minimum absolute atomic E-state index is 0.121. The first-order valence-corrected chi connectivity index (χ1v) is 6.55. The molecular weight excluding hydrogens is 302 g/mol. The summed E-state index contributed by atoms with van der Waals surface area (Å²) in [6, 6.07) is 3.23. The molecule has 4 nitrogen and oxygen atoms in total. The van der Waals surface area contributed by atoms with E-state index >= 15 is 0 Å². The molecule has 0 unspecified atom stereocenters. The molecule has 0 aliphatic carbocycles. The number of halogens is 4. The second-order valence-electron chi connectivity index (χ2n) is 4.37. The van der Waals surface area contributed by atoms with Crippen LogP contribution in [0.3, 0.4) is 0 Å². The van der Waals surface area contributed by atoms with Crippen molar-refractivity contribution in [1.82, 2.24) is 9.97 Å². The van der Waals surface area contributed by atoms with Gasteiger partial charge >= 0.3 is 0 Å². The Morgan fingerprint density at radius 3 is 2.45 bits per heavy atom. The summed E-state index contributed by atoms with van der Waals surface area (Å²) in [5.74, 6) is -6.31. The molecule has 0 aliphatic heterocycles. The molecule has 0 bridgehead atoms. The van der Waals surface area contributed by atoms with E-state index in [0.717, 1.165) is 6.42 Å². The van der Waals surface area contributed by atoms with Crippen LogP contribution >= 0.6 is 0 Å². The van der Waals surface area contributed by atoms with E-state index < -0.39 is 29.2 Å². The quantitative estimate of drug-likeness (QED) is 0.655. The lowest BCUT2D eigenvalue weighted by Crippen LogP contribution is -2.11. The molecule has 2 rings (SSSR count). The van der Waals surface area contributed by atoms with Crippen LogP contribution in [0.15, 0.2) is 18.3 Å². The lowest BCUT2D eigenvalue weighted by molar-refractivity contribution is 0.302. The van der Waals surface area contributed by atoms with Gasteiger partial charge in [0.25, 0.3) is 11.9 Å². The van der Waals surface area contributed by atoms with Gasteiger partial charge < -0.3 is 10.1 Å². The van der Waals surface area contributed by atoms with E-state index in [4.69, 9.17) is 4.74 Å². The number of hydrogen-bond donors (Lipinski definition) is 1. The Balaban J connectivity index is 2.21. The van der Waals surface area contributed by atoms with Crippen molar-refractivity contribution in [2.75, 3.05) is 11.9 Å². The average molecular weight is 315 g/mol. The third kappa shape index (κ3) is 3.44. The number of hydrogen-bond acceptors (Lipinski definition) is 4. The summed E-state index contributed by atoms with van der Waals surface area (Å²) >= 11 is 0. The van der Waals surface area contributed by atoms with Crippen LogP contribution in [0, 0.1) is 23.5 Å². The van der Waals surface area contributed by atoms with Crippen LogP contribution in [0.2, 0.25) is 0 Å². The topological polar surface area (TPSA) is 47.0 Å². The maximum atomic E-state index is 13.5. The fraction of sp³-hybridized carbons (Fsp3) is 0.286. The van der Waals surface area contributed by atoms with Gasteiger partial charge in [-0.1, -0.05) is 13.0 Å². The largest absolute Gasteiger partial charge is 0.477 e. The SMILES string of the molecule is CCCOc1ncccc1CNc1c(F)c(F)nc(F)c1F. The molecule has 0 radical (unpaired) electrons. The second kappa shape index (κ2) is 7.06. The fourth-order valence-corrected chi connectivity index (χ4v) is 1.71. The Kier molecular flexibility index (Phi) is 5.13. The molecule has 0 spiro atoms. The second-order valence-corrected chi connectivity index (χ2v) is 4.37. The number of rotatable bonds is 6. The number of nitrogens with zero attached hydrogens (tertiary/aromatic N) is 2. The van der Waals surface area contributed by atoms with Gasteiger partial charge in [0.05, 0.1) is 6.61 Å². The van der Waals surface area contributed by atoms with Crippen molar-refractivity contribution in [3.05, 3.63) is 47.4 Å². The highest BCUT2D eigenvalue weighted by Gasteiger charge is 2.20. The monoisotopic (exact) mass is 315 g/mol. The molecule has 22 heavy (non-hydrogen) atoms. The third-order valence-corrected chi connectivity index (χ3v) is 2.75. The average Bonchev–Trinajstić information content (AvgIpc) is 2.52. The van der Waals surface area contributed by atoms with Crippen LogP contribution in [0.5, 0.6) is 5.88 Å². The number of anilines is 1. The Morgan fingerprint density at radius 1 is 1.14 bits per heavy atom. The predicted molar refractivity (Wildman–Crippen MR) is 71.4 cm³/mol. The Morgan fingerprint density at radius 2 is 1.82 bits per heavy atom. The summed E-state index contributed by atoms with van der Waals surface area (Å²) in [4.78, 5) is 6.48. The van der Waals surface area contributed by atoms with Gasteiger partial charge in [-0.25, -0.2) is 4.98 Å². The summed E-state index contributed by atoms with van der Waals surface area (Å²) in [5, 5.41) is 2.31. The van der Waals surface area contributed by atoms with Crippen LogP contribution < -0.4 is 10.1 Å². The van der Waals surface area contributed by atoms with Gasteiger partial charge in [-0.15, -0.1) is 0 Å². The van der Waals surface area contributed by atoms with E-state index in [1.54, 1.807) is 12.1 Å². The van der Waals surface area contributed by atoms with Crippen LogP contribution in [0.4, 0.5) is 23.2 Å². The summed E-state index contributed by atoms with van der Waals surface area (Å²) in [7, 11) is 0. The van der Waals surface area contributed by atoms with Gasteiger partial charge in [0.2, 0.25) is 17.5 Å². The number of pyridine rings is 2. The summed E-state index contributed by atoms with van der Waals surface area (Å²) in [6.07, 6.45) is 2.26. The summed E-state index contributed by atoms with van der Waals surface area (Å²) in [5.41, 5.74) is -0.428. The van der Waals surface area contributed by atoms with Crippen molar-refractivity contribution in [3.63, 3.8) is 0 Å². The van der Waals surface area contributed by atoms with E-state index in [-0.39, 0.29) is 12.4 Å². The molecule has 2 aromatic heterocycles. The Hall–Kier alpha value is -2.38. The van der Waals surface area contributed by atoms with Crippen molar-refractivity contribution < 1.29 is 22.3 Å². The summed E-state index contributed by atoms with van der Waals surface area (Å²) < 4.78 is 58.4. The molecule has 0 atom stereocenters. The maximum absolute atomic E-state index is 13.5. The number of ether oxygens (including phenoxy) is 1. The molecule has 2 heterocycles. The van der Waals surface area contributed by atoms with Crippen molar-refractivity contribution in [1.29, 1.82) is 0 Å². The van der Waals surface area contributed by atoms with Gasteiger partial charge in [0, 0.05) is 18.3 Å². The van der Waals surface area contributed by atoms with Gasteiger partial charge in [-0.05, 0) is 12.5 Å². The first kappa shape index (κ1) is 16.0. The Labute approximate surface area is 124 Å². The van der Waals surface area contributed by atoms with Crippen molar-refractivity contribution in [2.24, 2.45) is 0 Å². The molecular formula is C14H13F4N3O. The number of aromatic nitrogens is 2. The first-order chi connectivity index (χ1) is 10.5. The van der Waals surface area contributed by atoms with E-state index in [1.165, 1.54) is 6.20 Å². The van der Waals surface area contributed by atoms with E-state index in [1.807, 2.05) is 6.92 Å². The maximum Gasteiger partial charge on any atom is 0.253 e. The zero-order valence-corrected chi connectivity index (χ0v) is 11.7. The highest BCUT2D eigenvalue weighted by atomic mass is 19.2. The minimum atomic E-state index is -1.71. The van der Waals surface area contributed by atoms with E-state index in [9.17, 15) is 17.6 Å². The lowest BCUT2D eigenvalue weighted by Gasteiger charge is -2.12. The normalized spacial score (nSPS) is 10.6. The molecule has 0 aromatic carbocycles. The zero-order chi connectivity index (χ0) is 16.1. The first-order valence-electron chi connectivity index (χ1n) is 6.55. The highest BCUT2D eigenvalue weighted by Crippen LogP contribution is 2.24. The highest BCUT2D eigenvalue weighted by molar-refractivity contribution is 5.46. The van der Waals surface area contributed by atoms with Crippen molar-refractivity contribution >= 4 is 5.69 Å². The molecule has 2 aromatic rings. The standard InChI is InChI=1S/C14H13F4N3O/c1-2-6-22-14-8(4-3-5-19-14)7-20-11-9(15)12(17)21-13(18)10(11)16/h3-5H,2,6-7H2,1H3,(H,20,21). The van der Waals surface area contributed by atoms with Crippen LogP contribution in [-0.4, -0.2) is 16.6 Å². The molecule has 0 aliphatic rings. The van der Waals surface area contributed by atoms with Gasteiger partial charge in [0.15, 0.2) is 0 Å². The van der Waals surface area contributed by atoms with Crippen LogP contribution in [0.25, 0.3) is 0 Å². The molecule has 8 heteroatoms. The van der Waals surface area contributed by atoms with Gasteiger partial charge in [-0.3, -0.25) is 0 Å². The van der Waals surface area contributed by atoms with Crippen LogP contribution in [-0.2, 0) is 6.54 Å². The smallest absolute Gasteiger partial charge is 0.253 e. The molecule has 0 saturated heterocycles. The molecule has 0 saturated carbocycles. The van der Waals surface area contributed by atoms with Crippen molar-refractivity contribution in [2.45, 2.75) is 19.9 Å². The van der Waals surface area contributed by atoms with Gasteiger partial charge in [-0.2, -0.15) is 22.5 Å². The fourth-order valence-electron chi connectivity index (χ4n) is 1.71. The van der Waals surface area contributed by atoms with Crippen molar-refractivity contribution in [3.8, 4) is 5.88 Å². The van der Waals surface area contributed by atoms with E-state index in [2.05, 4.69) is 15.3 Å². The van der Waals surface area contributed by atoms with Gasteiger partial charge in [0.1, 0.15) is 5.69 Å². The summed E-state index contributed by atoms with van der Waals surface area (Å²) in [6.45, 7) is 2.21. The van der Waals surface area contributed by atoms with Crippen LogP contribution in [0.1, 0.15) is 18.9 Å². The molecule has 0 amide bonds. The predicted octanol–water partition coefficient (Wildman–Crippen LogP) is 3.43. The van der Waals surface area contributed by atoms with E-state index in [0.29, 0.717) is 12.2 Å². The number of nitrogens with one attached hydrogen (secondary N) is 1. The minimum Gasteiger partial charge on any atom is -0.477 e. The lowest BCUT2D eigenvalue weighted by atomic mass is 10.2. The third-order valence-electron chi connectivity index (χ3n) is 2.75. The molecule has 118 valence electrons. The zero-order valence-electron chi connectivity index (χ0n) is 11.7. The molecule has 0 fully saturated rings. The molecule has 1 N–H and O–H groups in total. The Bertz CT molecular complexity index is 641.